The third-order valence-electron chi connectivity index (χ3n) is 8.94. The summed E-state index contributed by atoms with van der Waals surface area (Å²) < 4.78 is 40.3. The van der Waals surface area contributed by atoms with Gasteiger partial charge in [-0.25, -0.2) is 9.36 Å². The van der Waals surface area contributed by atoms with Crippen LogP contribution in [0.15, 0.2) is 84.0 Å². The van der Waals surface area contributed by atoms with E-state index < -0.39 is 28.3 Å². The van der Waals surface area contributed by atoms with Crippen LogP contribution in [0.5, 0.6) is 5.75 Å². The Kier molecular flexibility index (Phi) is 10.6. The number of nitrogens with zero attached hydrogens (tertiary/aromatic N) is 7. The Labute approximate surface area is 297 Å². The first-order valence-electron chi connectivity index (χ1n) is 16.5. The van der Waals surface area contributed by atoms with Crippen molar-refractivity contribution in [3.05, 3.63) is 118 Å². The molecule has 1 aliphatic heterocycles. The second-order valence-electron chi connectivity index (χ2n) is 13.4. The zero-order chi connectivity index (χ0) is 36.3. The first-order chi connectivity index (χ1) is 24.3. The smallest absolute Gasteiger partial charge is 0.312 e. The summed E-state index contributed by atoms with van der Waals surface area (Å²) in [5, 5.41) is 36.0. The van der Waals surface area contributed by atoms with Crippen LogP contribution in [0.2, 0.25) is 0 Å². The van der Waals surface area contributed by atoms with Gasteiger partial charge in [-0.1, -0.05) is 65.0 Å². The maximum Gasteiger partial charge on any atom is 0.312 e. The number of rotatable bonds is 13. The number of benzene rings is 3. The molecule has 0 saturated carbocycles. The van der Waals surface area contributed by atoms with E-state index in [0.717, 1.165) is 22.3 Å². The van der Waals surface area contributed by atoms with Crippen LogP contribution in [0.4, 0.5) is 0 Å². The van der Waals surface area contributed by atoms with E-state index in [0.29, 0.717) is 40.7 Å². The van der Waals surface area contributed by atoms with Crippen molar-refractivity contribution >= 4 is 16.7 Å². The minimum atomic E-state index is -3.38. The fraction of sp³-hybridized carbons (Fsp3) is 0.361. The van der Waals surface area contributed by atoms with Gasteiger partial charge in [-0.15, -0.1) is 21.0 Å². The van der Waals surface area contributed by atoms with E-state index in [2.05, 4.69) is 20.6 Å². The average Bonchev–Trinajstić information content (AvgIpc) is 3.73. The maximum absolute atomic E-state index is 12.5. The minimum absolute atomic E-state index is 0.0163. The number of ether oxygens (including phenoxy) is 2. The van der Waals surface area contributed by atoms with Gasteiger partial charge < -0.3 is 19.7 Å². The van der Waals surface area contributed by atoms with Gasteiger partial charge in [0.25, 0.3) is 0 Å². The molecule has 6 rings (SSSR count). The van der Waals surface area contributed by atoms with Crippen LogP contribution >= 0.6 is 10.8 Å². The van der Waals surface area contributed by atoms with E-state index in [-0.39, 0.29) is 32.4 Å². The molecule has 15 heteroatoms. The molecule has 0 aliphatic carbocycles. The van der Waals surface area contributed by atoms with E-state index in [1.165, 1.54) is 0 Å². The van der Waals surface area contributed by atoms with E-state index in [4.69, 9.17) is 9.47 Å². The lowest BCUT2D eigenvalue weighted by molar-refractivity contribution is -0.158. The molecule has 0 fully saturated rings. The molecule has 51 heavy (non-hydrogen) atoms. The molecule has 270 valence electrons. The molecular formula is C36H43N7O7S. The number of hydrogen-bond donors (Lipinski definition) is 4. The first kappa shape index (κ1) is 36.2. The van der Waals surface area contributed by atoms with Crippen LogP contribution in [0.1, 0.15) is 66.1 Å². The van der Waals surface area contributed by atoms with E-state index in [9.17, 15) is 24.1 Å². The Morgan fingerprint density at radius 3 is 2.29 bits per heavy atom. The van der Waals surface area contributed by atoms with Crippen molar-refractivity contribution in [2.75, 3.05) is 6.54 Å². The van der Waals surface area contributed by atoms with Gasteiger partial charge in [-0.05, 0) is 67.6 Å². The van der Waals surface area contributed by atoms with Gasteiger partial charge >= 0.3 is 5.97 Å². The maximum atomic E-state index is 12.5. The highest BCUT2D eigenvalue weighted by molar-refractivity contribution is 8.22. The van der Waals surface area contributed by atoms with Crippen LogP contribution in [0.3, 0.4) is 0 Å². The Morgan fingerprint density at radius 1 is 0.961 bits per heavy atom. The topological polar surface area (TPSA) is 181 Å². The van der Waals surface area contributed by atoms with Gasteiger partial charge in [0.05, 0.1) is 56.8 Å². The SMILES string of the molecule is Cc1ccc(C(OCc2cn(Cc3cccc(Cn4cc(CO)nn4)c3)nn2)C(C)(C)C(=O)O)cc1CN1CC(C)Oc2ccccc2S1(O)O. The number of carboxylic acids is 1. The molecule has 4 N–H and O–H groups in total. The fourth-order valence-electron chi connectivity index (χ4n) is 6.10. The number of aliphatic hydroxyl groups excluding tert-OH is 1. The highest BCUT2D eigenvalue weighted by Gasteiger charge is 2.40. The molecule has 0 spiro atoms. The molecule has 3 aromatic carbocycles. The van der Waals surface area contributed by atoms with E-state index in [1.807, 2.05) is 56.3 Å². The van der Waals surface area contributed by atoms with Gasteiger partial charge in [0.1, 0.15) is 28.1 Å². The summed E-state index contributed by atoms with van der Waals surface area (Å²) in [5.74, 6) is -0.581. The molecular weight excluding hydrogens is 675 g/mol. The molecule has 0 saturated heterocycles. The van der Waals surface area contributed by atoms with E-state index >= 15 is 0 Å². The van der Waals surface area contributed by atoms with Gasteiger partial charge in [0.2, 0.25) is 0 Å². The number of aliphatic carboxylic acids is 1. The molecule has 0 bridgehead atoms. The molecule has 3 heterocycles. The summed E-state index contributed by atoms with van der Waals surface area (Å²) in [5.41, 5.74) is 4.08. The quantitative estimate of drug-likeness (QED) is 0.121. The standard InChI is InChI=1S/C36H43N7O7S/c1-24-12-13-28(15-29(24)19-43-16-25(2)50-32-10-5-6-11-33(32)51(43,47)48)34(36(3,4)35(45)46)49-23-31-21-42(40-38-31)18-27-9-7-8-26(14-27)17-41-20-30(22-44)37-39-41/h5-15,20-21,25,34,44,47-48H,16-19,22-23H2,1-4H3,(H,45,46). The van der Waals surface area contributed by atoms with Gasteiger partial charge in [-0.3, -0.25) is 13.9 Å². The lowest BCUT2D eigenvalue weighted by atomic mass is 9.81. The number of para-hydroxylation sites is 1. The van der Waals surface area contributed by atoms with Gasteiger partial charge in [0.15, 0.2) is 0 Å². The summed E-state index contributed by atoms with van der Waals surface area (Å²) >= 11 is 0. The summed E-state index contributed by atoms with van der Waals surface area (Å²) in [7, 11) is -3.38. The number of hydrogen-bond acceptors (Lipinski definition) is 11. The molecule has 1 aliphatic rings. The summed E-state index contributed by atoms with van der Waals surface area (Å²) in [6, 6.07) is 20.5. The monoisotopic (exact) mass is 717 g/mol. The van der Waals surface area contributed by atoms with Gasteiger partial charge in [-0.2, -0.15) is 4.31 Å². The Bertz CT molecular complexity index is 2000. The molecule has 2 unspecified atom stereocenters. The summed E-state index contributed by atoms with van der Waals surface area (Å²) in [6.45, 7) is 8.33. The largest absolute Gasteiger partial charge is 0.487 e. The second-order valence-corrected chi connectivity index (χ2v) is 15.4. The second kappa shape index (κ2) is 14.9. The number of aryl methyl sites for hydroxylation is 1. The third-order valence-corrected chi connectivity index (χ3v) is 10.9. The molecule has 0 radical (unpaired) electrons. The number of carbonyl (C=O) groups is 1. The van der Waals surface area contributed by atoms with Crippen LogP contribution in [0.25, 0.3) is 0 Å². The lowest BCUT2D eigenvalue weighted by Crippen LogP contribution is -2.34. The summed E-state index contributed by atoms with van der Waals surface area (Å²) in [4.78, 5) is 12.9. The first-order valence-corrected chi connectivity index (χ1v) is 18.0. The normalized spacial score (nSPS) is 17.3. The number of aromatic nitrogens is 6. The van der Waals surface area contributed by atoms with Crippen molar-refractivity contribution in [2.24, 2.45) is 5.41 Å². The number of aliphatic hydroxyl groups is 1. The van der Waals surface area contributed by atoms with Crippen molar-refractivity contribution in [3.63, 3.8) is 0 Å². The average molecular weight is 718 g/mol. The predicted molar refractivity (Wildman–Crippen MR) is 189 cm³/mol. The van der Waals surface area contributed by atoms with Crippen molar-refractivity contribution in [3.8, 4) is 5.75 Å². The van der Waals surface area contributed by atoms with Crippen LogP contribution in [-0.4, -0.2) is 72.2 Å². The highest BCUT2D eigenvalue weighted by Crippen LogP contribution is 2.57. The highest BCUT2D eigenvalue weighted by atomic mass is 32.3. The Balaban J connectivity index is 1.18. The number of carboxylic acid groups (broad SMARTS) is 1. The molecule has 2 aromatic heterocycles. The molecule has 14 nitrogen and oxygen atoms in total. The zero-order valence-electron chi connectivity index (χ0n) is 29.0. The van der Waals surface area contributed by atoms with Crippen LogP contribution in [-0.2, 0) is 42.4 Å². The van der Waals surface area contributed by atoms with Gasteiger partial charge in [0, 0.05) is 6.54 Å². The minimum Gasteiger partial charge on any atom is -0.487 e. The Morgan fingerprint density at radius 2 is 1.63 bits per heavy atom. The summed E-state index contributed by atoms with van der Waals surface area (Å²) in [6.07, 6.45) is 2.30. The molecule has 5 aromatic rings. The predicted octanol–water partition coefficient (Wildman–Crippen LogP) is 5.44. The molecule has 0 amide bonds. The van der Waals surface area contributed by atoms with Crippen molar-refractivity contribution in [2.45, 2.75) is 77.6 Å². The zero-order valence-corrected chi connectivity index (χ0v) is 29.8. The van der Waals surface area contributed by atoms with Crippen molar-refractivity contribution in [1.29, 1.82) is 0 Å². The molecule has 2 atom stereocenters. The fourth-order valence-corrected chi connectivity index (χ4v) is 7.76. The van der Waals surface area contributed by atoms with Crippen LogP contribution in [0, 0.1) is 12.3 Å². The lowest BCUT2D eigenvalue weighted by Gasteiger charge is -2.42. The number of fused-ring (bicyclic) bond motifs is 1. The van der Waals surface area contributed by atoms with Crippen LogP contribution < -0.4 is 4.74 Å². The third kappa shape index (κ3) is 8.14. The van der Waals surface area contributed by atoms with Crippen molar-refractivity contribution < 1.29 is 33.6 Å². The van der Waals surface area contributed by atoms with E-state index in [1.54, 1.807) is 64.2 Å². The Hall–Kier alpha value is -4.64. The van der Waals surface area contributed by atoms with Crippen molar-refractivity contribution in [1.82, 2.24) is 34.3 Å².